The van der Waals surface area contributed by atoms with Crippen LogP contribution in [0.15, 0.2) is 23.8 Å². The van der Waals surface area contributed by atoms with E-state index in [4.69, 9.17) is 14.2 Å². The van der Waals surface area contributed by atoms with Crippen LogP contribution in [0, 0.1) is 0 Å². The van der Waals surface area contributed by atoms with Crippen molar-refractivity contribution in [2.45, 2.75) is 30.6 Å². The van der Waals surface area contributed by atoms with Crippen LogP contribution >= 0.6 is 17.0 Å². The van der Waals surface area contributed by atoms with Crippen molar-refractivity contribution >= 4 is 23.0 Å². The summed E-state index contributed by atoms with van der Waals surface area (Å²) >= 11 is 0. The van der Waals surface area contributed by atoms with Gasteiger partial charge in [0.15, 0.2) is 11.5 Å². The summed E-state index contributed by atoms with van der Waals surface area (Å²) in [6.07, 6.45) is 1.49. The van der Waals surface area contributed by atoms with Crippen LogP contribution in [0.1, 0.15) is 28.3 Å². The van der Waals surface area contributed by atoms with Crippen LogP contribution in [0.3, 0.4) is 0 Å². The lowest BCUT2D eigenvalue weighted by Crippen LogP contribution is -2.50. The number of halogens is 1. The van der Waals surface area contributed by atoms with Crippen molar-refractivity contribution in [3.63, 3.8) is 0 Å². The lowest BCUT2D eigenvalue weighted by Gasteiger charge is -2.43. The second kappa shape index (κ2) is 5.47. The molecule has 4 aliphatic rings. The highest BCUT2D eigenvalue weighted by atomic mass is 79.9. The van der Waals surface area contributed by atoms with Gasteiger partial charge >= 0.3 is 5.97 Å². The Morgan fingerprint density at radius 2 is 2.00 bits per heavy atom. The maximum Gasteiger partial charge on any atom is 0.338 e. The number of aliphatic hydroxyl groups excluding tert-OH is 1. The van der Waals surface area contributed by atoms with Gasteiger partial charge in [0.2, 0.25) is 6.79 Å². The number of ether oxygens (including phenoxy) is 3. The molecule has 1 fully saturated rings. The first-order valence-electron chi connectivity index (χ1n) is 7.87. The third kappa shape index (κ3) is 2.04. The first kappa shape index (κ1) is 15.9. The van der Waals surface area contributed by atoms with E-state index in [1.807, 2.05) is 12.1 Å². The summed E-state index contributed by atoms with van der Waals surface area (Å²) in [4.78, 5) is 14.7. The third-order valence-corrected chi connectivity index (χ3v) is 5.39. The van der Waals surface area contributed by atoms with Gasteiger partial charge in [0.05, 0.1) is 5.56 Å². The molecular formula is C17H18BrNO5. The molecule has 128 valence electrons. The van der Waals surface area contributed by atoms with Gasteiger partial charge in [0, 0.05) is 18.5 Å². The molecule has 0 amide bonds. The zero-order chi connectivity index (χ0) is 15.7. The lowest BCUT2D eigenvalue weighted by molar-refractivity contribution is -0.0336. The Labute approximate surface area is 149 Å². The van der Waals surface area contributed by atoms with E-state index in [1.54, 1.807) is 6.07 Å². The molecule has 6 nitrogen and oxygen atoms in total. The second-order valence-corrected chi connectivity index (χ2v) is 6.60. The predicted octanol–water partition coefficient (Wildman–Crippen LogP) is 1.62. The molecule has 1 aromatic rings. The largest absolute Gasteiger partial charge is 0.455 e. The van der Waals surface area contributed by atoms with Crippen molar-refractivity contribution in [3.05, 3.63) is 34.9 Å². The van der Waals surface area contributed by atoms with E-state index in [0.717, 1.165) is 18.5 Å². The molecule has 2 unspecified atom stereocenters. The summed E-state index contributed by atoms with van der Waals surface area (Å²) in [5, 5.41) is 10.4. The maximum absolute atomic E-state index is 12.4. The minimum absolute atomic E-state index is 0. The van der Waals surface area contributed by atoms with Crippen molar-refractivity contribution < 1.29 is 24.1 Å². The summed E-state index contributed by atoms with van der Waals surface area (Å²) in [5.41, 5.74) is 2.63. The fraction of sp³-hybridized carbons (Fsp3) is 0.471. The lowest BCUT2D eigenvalue weighted by atomic mass is 9.74. The van der Waals surface area contributed by atoms with Crippen molar-refractivity contribution in [2.75, 3.05) is 20.4 Å². The monoisotopic (exact) mass is 395 g/mol. The van der Waals surface area contributed by atoms with E-state index in [2.05, 4.69) is 11.9 Å². The Hall–Kier alpha value is -1.57. The second-order valence-electron chi connectivity index (χ2n) is 6.60. The Balaban J connectivity index is 0.00000146. The van der Waals surface area contributed by atoms with Crippen molar-refractivity contribution in [1.82, 2.24) is 4.90 Å². The van der Waals surface area contributed by atoms with Crippen LogP contribution in [0.5, 0.6) is 11.5 Å². The number of carbonyl (C=O) groups is 1. The Morgan fingerprint density at radius 3 is 2.79 bits per heavy atom. The van der Waals surface area contributed by atoms with Gasteiger partial charge in [-0.2, -0.15) is 0 Å². The van der Waals surface area contributed by atoms with Gasteiger partial charge in [-0.1, -0.05) is 11.6 Å². The standard InChI is InChI=1S/C17H17NO5.BrH/c1-18-3-2-8-4-11(19)16-14(15(8)18)9-5-12-13(22-7-21-12)6-10(9)17(20)23-16;/h4-6,11,14-16,19H,2-3,7H2,1H3;1H/t11-,14?,15+,16?;/m1./s1. The Morgan fingerprint density at radius 1 is 1.25 bits per heavy atom. The quantitative estimate of drug-likeness (QED) is 0.531. The molecule has 0 saturated carbocycles. The minimum Gasteiger partial charge on any atom is -0.455 e. The molecule has 0 spiro atoms. The molecule has 7 heteroatoms. The van der Waals surface area contributed by atoms with Gasteiger partial charge in [-0.05, 0) is 31.2 Å². The summed E-state index contributed by atoms with van der Waals surface area (Å²) in [5.74, 6) is 0.741. The van der Waals surface area contributed by atoms with E-state index in [1.165, 1.54) is 5.57 Å². The first-order valence-corrected chi connectivity index (χ1v) is 7.87. The minimum atomic E-state index is -0.764. The van der Waals surface area contributed by atoms with Crippen LogP contribution in [0.2, 0.25) is 0 Å². The summed E-state index contributed by atoms with van der Waals surface area (Å²) in [7, 11) is 2.07. The van der Waals surface area contributed by atoms with E-state index in [0.29, 0.717) is 17.1 Å². The number of likely N-dealkylation sites (N-methyl/N-ethyl adjacent to an activating group) is 1. The highest BCUT2D eigenvalue weighted by Crippen LogP contribution is 2.48. The third-order valence-electron chi connectivity index (χ3n) is 5.39. The highest BCUT2D eigenvalue weighted by molar-refractivity contribution is 8.93. The molecule has 1 aromatic carbocycles. The van der Waals surface area contributed by atoms with Crippen LogP contribution in [0.25, 0.3) is 0 Å². The zero-order valence-electron chi connectivity index (χ0n) is 13.1. The SMILES string of the molecule is Br.CN1CCC2=C[C@@H](O)C3OC(=O)c4cc5c(cc4C3[C@H]21)OCO5. The van der Waals surface area contributed by atoms with Crippen molar-refractivity contribution in [2.24, 2.45) is 0 Å². The van der Waals surface area contributed by atoms with Gasteiger partial charge in [-0.15, -0.1) is 17.0 Å². The smallest absolute Gasteiger partial charge is 0.338 e. The van der Waals surface area contributed by atoms with E-state index in [-0.39, 0.29) is 35.7 Å². The van der Waals surface area contributed by atoms with Crippen LogP contribution in [0.4, 0.5) is 0 Å². The molecular weight excluding hydrogens is 378 g/mol. The molecule has 1 saturated heterocycles. The first-order chi connectivity index (χ1) is 11.1. The van der Waals surface area contributed by atoms with Crippen molar-refractivity contribution in [3.8, 4) is 11.5 Å². The number of esters is 1. The normalized spacial score (nSPS) is 32.9. The number of aliphatic hydroxyl groups is 1. The zero-order valence-corrected chi connectivity index (χ0v) is 14.8. The molecule has 3 aliphatic heterocycles. The topological polar surface area (TPSA) is 68.2 Å². The Kier molecular flexibility index (Phi) is 3.63. The number of likely N-dealkylation sites (tertiary alicyclic amines) is 1. The number of fused-ring (bicyclic) bond motifs is 6. The van der Waals surface area contributed by atoms with E-state index >= 15 is 0 Å². The number of benzene rings is 1. The van der Waals surface area contributed by atoms with Crippen LogP contribution < -0.4 is 9.47 Å². The van der Waals surface area contributed by atoms with Gasteiger partial charge in [0.1, 0.15) is 12.2 Å². The predicted molar refractivity (Wildman–Crippen MR) is 90.0 cm³/mol. The van der Waals surface area contributed by atoms with Crippen molar-refractivity contribution in [1.29, 1.82) is 0 Å². The van der Waals surface area contributed by atoms with E-state index in [9.17, 15) is 9.90 Å². The number of rotatable bonds is 0. The highest BCUT2D eigenvalue weighted by Gasteiger charge is 2.50. The number of carbonyl (C=O) groups excluding carboxylic acids is 1. The molecule has 0 aromatic heterocycles. The molecule has 1 N–H and O–H groups in total. The van der Waals surface area contributed by atoms with E-state index < -0.39 is 18.2 Å². The van der Waals surface area contributed by atoms with Gasteiger partial charge < -0.3 is 19.3 Å². The fourth-order valence-corrected chi connectivity index (χ4v) is 4.36. The molecule has 0 radical (unpaired) electrons. The average molecular weight is 396 g/mol. The molecule has 1 aliphatic carbocycles. The maximum atomic E-state index is 12.4. The number of hydrogen-bond acceptors (Lipinski definition) is 6. The number of hydrogen-bond donors (Lipinski definition) is 1. The van der Waals surface area contributed by atoms with Crippen LogP contribution in [-0.4, -0.2) is 54.6 Å². The van der Waals surface area contributed by atoms with Gasteiger partial charge in [-0.25, -0.2) is 4.79 Å². The molecule has 0 bridgehead atoms. The molecule has 24 heavy (non-hydrogen) atoms. The average Bonchev–Trinajstić information content (AvgIpc) is 3.13. The summed E-state index contributed by atoms with van der Waals surface area (Å²) in [6, 6.07) is 3.74. The Bertz CT molecular complexity index is 749. The summed E-state index contributed by atoms with van der Waals surface area (Å²) in [6.45, 7) is 1.11. The summed E-state index contributed by atoms with van der Waals surface area (Å²) < 4.78 is 16.4. The molecule has 4 atom stereocenters. The number of nitrogens with zero attached hydrogens (tertiary/aromatic N) is 1. The van der Waals surface area contributed by atoms with Gasteiger partial charge in [0.25, 0.3) is 0 Å². The molecule has 5 rings (SSSR count). The van der Waals surface area contributed by atoms with Gasteiger partial charge in [-0.3, -0.25) is 4.90 Å². The molecule has 3 heterocycles. The fourth-order valence-electron chi connectivity index (χ4n) is 4.36. The van der Waals surface area contributed by atoms with Crippen LogP contribution in [-0.2, 0) is 4.74 Å².